The summed E-state index contributed by atoms with van der Waals surface area (Å²) in [5, 5.41) is 7.25. The highest BCUT2D eigenvalue weighted by Gasteiger charge is 2.21. The molecule has 0 bridgehead atoms. The Balaban J connectivity index is 1.38. The van der Waals surface area contributed by atoms with Crippen LogP contribution >= 0.6 is 11.3 Å². The summed E-state index contributed by atoms with van der Waals surface area (Å²) >= 11 is 1.71. The Morgan fingerprint density at radius 2 is 1.83 bits per heavy atom. The minimum absolute atomic E-state index is 0.00452. The van der Waals surface area contributed by atoms with Crippen molar-refractivity contribution in [2.24, 2.45) is 0 Å². The molecule has 2 heterocycles. The lowest BCUT2D eigenvalue weighted by Crippen LogP contribution is -2.87. The lowest BCUT2D eigenvalue weighted by Gasteiger charge is -2.21. The molecule has 0 radical (unpaired) electrons. The summed E-state index contributed by atoms with van der Waals surface area (Å²) in [6.07, 6.45) is 0. The maximum absolute atomic E-state index is 12.6. The Labute approximate surface area is 174 Å². The van der Waals surface area contributed by atoms with Crippen molar-refractivity contribution >= 4 is 17.2 Å². The third kappa shape index (κ3) is 4.78. The fourth-order valence-corrected chi connectivity index (χ4v) is 4.33. The quantitative estimate of drug-likeness (QED) is 0.630. The lowest BCUT2D eigenvalue weighted by atomic mass is 10.1. The average Bonchev–Trinajstić information content (AvgIpc) is 3.29. The summed E-state index contributed by atoms with van der Waals surface area (Å²) in [5.41, 5.74) is 2.20. The summed E-state index contributed by atoms with van der Waals surface area (Å²) < 4.78 is 11.2. The number of rotatable bonds is 7. The zero-order chi connectivity index (χ0) is 20.1. The second-order valence-corrected chi connectivity index (χ2v) is 8.02. The molecular formula is C23H25N2O3S+. The maximum atomic E-state index is 12.6. The molecule has 0 unspecified atom stereocenters. The van der Waals surface area contributed by atoms with E-state index in [1.54, 1.807) is 11.3 Å². The number of quaternary nitrogens is 1. The molecule has 29 heavy (non-hydrogen) atoms. The molecule has 0 saturated carbocycles. The molecule has 0 fully saturated rings. The molecule has 0 aliphatic carbocycles. The van der Waals surface area contributed by atoms with E-state index in [-0.39, 0.29) is 18.0 Å². The number of nitrogens with two attached hydrogens (primary N) is 1. The second-order valence-electron chi connectivity index (χ2n) is 7.04. The molecule has 0 spiro atoms. The van der Waals surface area contributed by atoms with Crippen LogP contribution in [0.5, 0.6) is 11.5 Å². The van der Waals surface area contributed by atoms with Crippen LogP contribution in [0.3, 0.4) is 0 Å². The average molecular weight is 410 g/mol. The summed E-state index contributed by atoms with van der Waals surface area (Å²) in [6, 6.07) is 20.3. The van der Waals surface area contributed by atoms with Gasteiger partial charge in [0.15, 0.2) is 18.0 Å². The monoisotopic (exact) mass is 409 g/mol. The SMILES string of the molecule is C[C@H](NC(=O)C[NH2+][C@@H](c1ccccc1)c1cccs1)c1ccc2c(c1)OCCO2. The third-order valence-corrected chi connectivity index (χ3v) is 5.95. The van der Waals surface area contributed by atoms with Gasteiger partial charge in [-0.1, -0.05) is 42.5 Å². The predicted molar refractivity (Wildman–Crippen MR) is 113 cm³/mol. The van der Waals surface area contributed by atoms with E-state index in [0.717, 1.165) is 17.1 Å². The molecule has 150 valence electrons. The van der Waals surface area contributed by atoms with Crippen molar-refractivity contribution in [2.45, 2.75) is 19.0 Å². The number of amides is 1. The Morgan fingerprint density at radius 1 is 1.03 bits per heavy atom. The van der Waals surface area contributed by atoms with Gasteiger partial charge in [-0.3, -0.25) is 4.79 Å². The van der Waals surface area contributed by atoms with E-state index >= 15 is 0 Å². The van der Waals surface area contributed by atoms with Crippen LogP contribution in [0.4, 0.5) is 0 Å². The van der Waals surface area contributed by atoms with E-state index in [2.05, 4.69) is 34.2 Å². The standard InChI is InChI=1S/C23H24N2O3S/c1-16(18-9-10-19-20(14-18)28-12-11-27-19)25-22(26)15-24-23(21-8-5-13-29-21)17-6-3-2-4-7-17/h2-10,13-14,16,23-24H,11-12,15H2,1H3,(H,25,26)/p+1/t16-,23-/m0/s1. The lowest BCUT2D eigenvalue weighted by molar-refractivity contribution is -0.676. The van der Waals surface area contributed by atoms with Gasteiger partial charge in [-0.2, -0.15) is 0 Å². The Hall–Kier alpha value is -2.83. The maximum Gasteiger partial charge on any atom is 0.275 e. The molecule has 1 aliphatic rings. The topological polar surface area (TPSA) is 64.2 Å². The number of hydrogen-bond acceptors (Lipinski definition) is 4. The van der Waals surface area contributed by atoms with Gasteiger partial charge in [0.25, 0.3) is 5.91 Å². The van der Waals surface area contributed by atoms with Crippen molar-refractivity contribution < 1.29 is 19.6 Å². The largest absolute Gasteiger partial charge is 0.486 e. The minimum Gasteiger partial charge on any atom is -0.486 e. The number of carbonyl (C=O) groups excluding carboxylic acids is 1. The van der Waals surface area contributed by atoms with Gasteiger partial charge in [0.2, 0.25) is 0 Å². The second kappa shape index (κ2) is 9.11. The van der Waals surface area contributed by atoms with E-state index in [9.17, 15) is 4.79 Å². The van der Waals surface area contributed by atoms with Crippen LogP contribution in [0, 0.1) is 0 Å². The van der Waals surface area contributed by atoms with Crippen molar-refractivity contribution in [1.29, 1.82) is 0 Å². The van der Waals surface area contributed by atoms with Crippen molar-refractivity contribution in [2.75, 3.05) is 19.8 Å². The van der Waals surface area contributed by atoms with E-state index in [1.807, 2.05) is 49.4 Å². The van der Waals surface area contributed by atoms with Crippen LogP contribution in [-0.2, 0) is 4.79 Å². The number of benzene rings is 2. The van der Waals surface area contributed by atoms with Crippen LogP contribution in [0.2, 0.25) is 0 Å². The molecule has 3 aromatic rings. The molecule has 5 nitrogen and oxygen atoms in total. The van der Waals surface area contributed by atoms with Crippen LogP contribution in [-0.4, -0.2) is 25.7 Å². The van der Waals surface area contributed by atoms with Gasteiger partial charge in [-0.05, 0) is 36.1 Å². The molecule has 2 atom stereocenters. The first kappa shape index (κ1) is 19.5. The van der Waals surface area contributed by atoms with Gasteiger partial charge in [0, 0.05) is 5.56 Å². The number of fused-ring (bicyclic) bond motifs is 1. The van der Waals surface area contributed by atoms with Crippen molar-refractivity contribution in [3.8, 4) is 11.5 Å². The van der Waals surface area contributed by atoms with E-state index < -0.39 is 0 Å². The Bertz CT molecular complexity index is 944. The highest BCUT2D eigenvalue weighted by atomic mass is 32.1. The number of carbonyl (C=O) groups is 1. The van der Waals surface area contributed by atoms with Crippen molar-refractivity contribution in [3.63, 3.8) is 0 Å². The first-order valence-electron chi connectivity index (χ1n) is 9.81. The van der Waals surface area contributed by atoms with E-state index in [1.165, 1.54) is 10.4 Å². The Kier molecular flexibility index (Phi) is 6.12. The van der Waals surface area contributed by atoms with E-state index in [4.69, 9.17) is 9.47 Å². The summed E-state index contributed by atoms with van der Waals surface area (Å²) in [4.78, 5) is 13.9. The molecule has 1 amide bonds. The van der Waals surface area contributed by atoms with Gasteiger partial charge in [0.1, 0.15) is 19.3 Å². The smallest absolute Gasteiger partial charge is 0.275 e. The predicted octanol–water partition coefficient (Wildman–Crippen LogP) is 3.05. The van der Waals surface area contributed by atoms with Crippen LogP contribution in [0.25, 0.3) is 0 Å². The van der Waals surface area contributed by atoms with Gasteiger partial charge < -0.3 is 20.1 Å². The molecule has 6 heteroatoms. The first-order valence-corrected chi connectivity index (χ1v) is 10.7. The number of hydrogen-bond donors (Lipinski definition) is 2. The van der Waals surface area contributed by atoms with Gasteiger partial charge in [-0.25, -0.2) is 0 Å². The van der Waals surface area contributed by atoms with Gasteiger partial charge in [-0.15, -0.1) is 11.3 Å². The minimum atomic E-state index is -0.108. The van der Waals surface area contributed by atoms with Crippen molar-refractivity contribution in [1.82, 2.24) is 5.32 Å². The molecule has 0 saturated heterocycles. The molecule has 4 rings (SSSR count). The van der Waals surface area contributed by atoms with Gasteiger partial charge in [0.05, 0.1) is 10.9 Å². The fourth-order valence-electron chi connectivity index (χ4n) is 3.48. The third-order valence-electron chi connectivity index (χ3n) is 4.99. The van der Waals surface area contributed by atoms with Crippen LogP contribution in [0.15, 0.2) is 66.0 Å². The Morgan fingerprint density at radius 3 is 2.59 bits per heavy atom. The number of ether oxygens (including phenoxy) is 2. The van der Waals surface area contributed by atoms with Crippen molar-refractivity contribution in [3.05, 3.63) is 82.0 Å². The zero-order valence-electron chi connectivity index (χ0n) is 16.3. The zero-order valence-corrected chi connectivity index (χ0v) is 17.2. The summed E-state index contributed by atoms with van der Waals surface area (Å²) in [6.45, 7) is 3.46. The molecule has 1 aliphatic heterocycles. The summed E-state index contributed by atoms with van der Waals surface area (Å²) in [7, 11) is 0. The van der Waals surface area contributed by atoms with Gasteiger partial charge >= 0.3 is 0 Å². The number of thiophene rings is 1. The molecule has 2 aromatic carbocycles. The number of nitrogens with one attached hydrogen (secondary N) is 1. The normalized spacial score (nSPS) is 14.8. The highest BCUT2D eigenvalue weighted by molar-refractivity contribution is 7.10. The van der Waals surface area contributed by atoms with Crippen LogP contribution in [0.1, 0.15) is 35.0 Å². The molecule has 1 aromatic heterocycles. The van der Waals surface area contributed by atoms with E-state index in [0.29, 0.717) is 19.8 Å². The first-order chi connectivity index (χ1) is 14.2. The van der Waals surface area contributed by atoms with Crippen LogP contribution < -0.4 is 20.1 Å². The molecular weight excluding hydrogens is 384 g/mol. The highest BCUT2D eigenvalue weighted by Crippen LogP contribution is 2.32. The molecule has 3 N–H and O–H groups in total. The summed E-state index contributed by atoms with van der Waals surface area (Å²) in [5.74, 6) is 1.50. The fraction of sp³-hybridized carbons (Fsp3) is 0.261.